The fraction of sp³-hybridized carbons (Fsp3) is 0.444. The van der Waals surface area contributed by atoms with Gasteiger partial charge in [-0.25, -0.2) is 4.79 Å². The molecule has 1 fully saturated rings. The number of benzene rings is 1. The molecule has 3 rings (SSSR count). The van der Waals surface area contributed by atoms with Crippen LogP contribution in [0.15, 0.2) is 35.3 Å². The highest BCUT2D eigenvalue weighted by Crippen LogP contribution is 2.27. The van der Waals surface area contributed by atoms with Crippen molar-refractivity contribution in [2.75, 3.05) is 5.73 Å². The lowest BCUT2D eigenvalue weighted by atomic mass is 9.92. The van der Waals surface area contributed by atoms with E-state index in [1.807, 2.05) is 0 Å². The minimum Gasteiger partial charge on any atom is -0.383 e. The van der Waals surface area contributed by atoms with Gasteiger partial charge in [-0.2, -0.15) is 4.98 Å². The second-order valence-corrected chi connectivity index (χ2v) is 6.90. The van der Waals surface area contributed by atoms with E-state index in [-0.39, 0.29) is 35.9 Å². The van der Waals surface area contributed by atoms with Gasteiger partial charge < -0.3 is 21.7 Å². The number of hydrogen-bond acceptors (Lipinski definition) is 7. The van der Waals surface area contributed by atoms with Gasteiger partial charge in [0.25, 0.3) is 0 Å². The van der Waals surface area contributed by atoms with Gasteiger partial charge in [0, 0.05) is 36.5 Å². The summed E-state index contributed by atoms with van der Waals surface area (Å²) < 4.78 is 38.5. The van der Waals surface area contributed by atoms with Crippen LogP contribution in [0, 0.1) is 0 Å². The number of aromatic nitrogens is 2. The molecular formula is C18H22F3N5O3. The molecule has 11 heteroatoms. The van der Waals surface area contributed by atoms with Crippen LogP contribution in [-0.2, 0) is 11.4 Å². The largest absolute Gasteiger partial charge is 0.558 e. The predicted octanol–water partition coefficient (Wildman–Crippen LogP) is 2.00. The maximum atomic E-state index is 12.5. The molecule has 0 spiro atoms. The smallest absolute Gasteiger partial charge is 0.383 e. The second kappa shape index (κ2) is 8.80. The summed E-state index contributed by atoms with van der Waals surface area (Å²) in [5.74, 6) is -0.125. The Labute approximate surface area is 164 Å². The van der Waals surface area contributed by atoms with Gasteiger partial charge >= 0.3 is 12.1 Å². The zero-order chi connectivity index (χ0) is 21.0. The fourth-order valence-electron chi connectivity index (χ4n) is 3.20. The lowest BCUT2D eigenvalue weighted by Gasteiger charge is -2.27. The standard InChI is InChI=1S/C18H22F3N5O3/c19-18(20,21)29-28-15-9-14(26-8-7-16(23)25-17(26)27)6-1-11(15)10-24-13-4-2-12(22)3-5-13/h1,6-9,12-13,24H,2-5,10,22H2,(H2,23,25,27)/t12-,13-. The molecule has 2 aromatic rings. The molecule has 0 radical (unpaired) electrons. The van der Waals surface area contributed by atoms with E-state index >= 15 is 0 Å². The lowest BCUT2D eigenvalue weighted by molar-refractivity contribution is -0.445. The first-order valence-corrected chi connectivity index (χ1v) is 9.11. The molecule has 29 heavy (non-hydrogen) atoms. The van der Waals surface area contributed by atoms with Crippen molar-refractivity contribution in [3.63, 3.8) is 0 Å². The molecule has 1 aliphatic rings. The Hall–Kier alpha value is -2.63. The predicted molar refractivity (Wildman–Crippen MR) is 99.1 cm³/mol. The summed E-state index contributed by atoms with van der Waals surface area (Å²) in [5, 5.41) is 3.30. The van der Waals surface area contributed by atoms with E-state index in [1.165, 1.54) is 18.3 Å². The third-order valence-corrected chi connectivity index (χ3v) is 4.73. The van der Waals surface area contributed by atoms with Crippen LogP contribution in [0.5, 0.6) is 5.75 Å². The Morgan fingerprint density at radius 3 is 2.59 bits per heavy atom. The summed E-state index contributed by atoms with van der Waals surface area (Å²) in [6.45, 7) is 0.269. The third-order valence-electron chi connectivity index (χ3n) is 4.73. The first-order chi connectivity index (χ1) is 13.7. The van der Waals surface area contributed by atoms with E-state index in [1.54, 1.807) is 12.1 Å². The SMILES string of the molecule is Nc1ccn(-c2ccc(CN[C@H]3CC[C@H](N)CC3)c(OOC(F)(F)F)c2)c(=O)n1. The topological polar surface area (TPSA) is 117 Å². The zero-order valence-electron chi connectivity index (χ0n) is 15.5. The number of hydrogen-bond donors (Lipinski definition) is 3. The van der Waals surface area contributed by atoms with Crippen LogP contribution in [0.25, 0.3) is 5.69 Å². The van der Waals surface area contributed by atoms with Crippen LogP contribution < -0.4 is 27.4 Å². The van der Waals surface area contributed by atoms with Gasteiger partial charge in [0.2, 0.25) is 0 Å². The first kappa shape index (κ1) is 21.1. The molecule has 1 heterocycles. The summed E-state index contributed by atoms with van der Waals surface area (Å²) >= 11 is 0. The van der Waals surface area contributed by atoms with Gasteiger partial charge in [-0.15, -0.1) is 13.2 Å². The van der Waals surface area contributed by atoms with E-state index in [0.717, 1.165) is 30.3 Å². The third kappa shape index (κ3) is 5.92. The van der Waals surface area contributed by atoms with E-state index in [2.05, 4.69) is 20.1 Å². The summed E-state index contributed by atoms with van der Waals surface area (Å²) in [7, 11) is 0. The molecule has 1 saturated carbocycles. The van der Waals surface area contributed by atoms with Crippen molar-refractivity contribution >= 4 is 5.82 Å². The van der Waals surface area contributed by atoms with Crippen molar-refractivity contribution in [3.05, 3.63) is 46.5 Å². The van der Waals surface area contributed by atoms with Gasteiger partial charge in [-0.05, 0) is 37.8 Å². The molecule has 0 saturated heterocycles. The molecule has 8 nitrogen and oxygen atoms in total. The quantitative estimate of drug-likeness (QED) is 0.490. The fourth-order valence-corrected chi connectivity index (χ4v) is 3.20. The van der Waals surface area contributed by atoms with Crippen LogP contribution in [0.2, 0.25) is 0 Å². The van der Waals surface area contributed by atoms with Gasteiger partial charge in [0.15, 0.2) is 5.75 Å². The van der Waals surface area contributed by atoms with E-state index in [9.17, 15) is 18.0 Å². The maximum absolute atomic E-state index is 12.5. The van der Waals surface area contributed by atoms with Crippen LogP contribution in [0.1, 0.15) is 31.2 Å². The summed E-state index contributed by atoms with van der Waals surface area (Å²) in [5.41, 5.74) is 11.4. The van der Waals surface area contributed by atoms with E-state index < -0.39 is 12.1 Å². The average molecular weight is 413 g/mol. The summed E-state index contributed by atoms with van der Waals surface area (Å²) in [6.07, 6.45) is -0.0340. The highest BCUT2D eigenvalue weighted by molar-refractivity contribution is 5.45. The van der Waals surface area contributed by atoms with Crippen LogP contribution >= 0.6 is 0 Å². The normalized spacial score (nSPS) is 19.9. The van der Waals surface area contributed by atoms with E-state index in [4.69, 9.17) is 11.5 Å². The van der Waals surface area contributed by atoms with E-state index in [0.29, 0.717) is 5.56 Å². The van der Waals surface area contributed by atoms with Gasteiger partial charge in [-0.1, -0.05) is 11.0 Å². The highest BCUT2D eigenvalue weighted by Gasteiger charge is 2.32. The maximum Gasteiger partial charge on any atom is 0.558 e. The number of halogens is 3. The van der Waals surface area contributed by atoms with Crippen LogP contribution in [0.3, 0.4) is 0 Å². The van der Waals surface area contributed by atoms with Crippen molar-refractivity contribution < 1.29 is 22.9 Å². The lowest BCUT2D eigenvalue weighted by Crippen LogP contribution is -2.37. The monoisotopic (exact) mass is 413 g/mol. The Bertz CT molecular complexity index is 895. The molecule has 5 N–H and O–H groups in total. The summed E-state index contributed by atoms with van der Waals surface area (Å²) in [4.78, 5) is 23.7. The Morgan fingerprint density at radius 2 is 1.93 bits per heavy atom. The second-order valence-electron chi connectivity index (χ2n) is 6.90. The molecular weight excluding hydrogens is 391 g/mol. The Morgan fingerprint density at radius 1 is 1.21 bits per heavy atom. The number of alkyl halides is 3. The molecule has 0 amide bonds. The van der Waals surface area contributed by atoms with Crippen molar-refractivity contribution in [3.8, 4) is 11.4 Å². The van der Waals surface area contributed by atoms with Gasteiger partial charge in [-0.3, -0.25) is 4.57 Å². The molecule has 0 atom stereocenters. The molecule has 0 unspecified atom stereocenters. The zero-order valence-corrected chi connectivity index (χ0v) is 15.5. The molecule has 0 bridgehead atoms. The minimum atomic E-state index is -4.97. The van der Waals surface area contributed by atoms with Crippen molar-refractivity contribution in [2.24, 2.45) is 5.73 Å². The Kier molecular flexibility index (Phi) is 6.40. The highest BCUT2D eigenvalue weighted by atomic mass is 19.4. The first-order valence-electron chi connectivity index (χ1n) is 9.11. The number of nitrogen functional groups attached to an aromatic ring is 1. The van der Waals surface area contributed by atoms with Crippen LogP contribution in [0.4, 0.5) is 19.0 Å². The molecule has 1 aromatic carbocycles. The summed E-state index contributed by atoms with van der Waals surface area (Å²) in [6, 6.07) is 6.23. The van der Waals surface area contributed by atoms with Gasteiger partial charge in [0.1, 0.15) is 5.82 Å². The molecule has 158 valence electrons. The average Bonchev–Trinajstić information content (AvgIpc) is 2.66. The molecule has 1 aliphatic carbocycles. The number of nitrogens with zero attached hydrogens (tertiary/aromatic N) is 2. The molecule has 1 aromatic heterocycles. The van der Waals surface area contributed by atoms with Gasteiger partial charge in [0.05, 0.1) is 5.69 Å². The Balaban J connectivity index is 1.81. The minimum absolute atomic E-state index is 0.0381. The van der Waals surface area contributed by atoms with Crippen LogP contribution in [-0.4, -0.2) is 28.0 Å². The number of nitrogens with one attached hydrogen (secondary N) is 1. The number of anilines is 1. The molecule has 0 aliphatic heterocycles. The van der Waals surface area contributed by atoms with Crippen molar-refractivity contribution in [2.45, 2.75) is 50.7 Å². The van der Waals surface area contributed by atoms with Crippen molar-refractivity contribution in [1.29, 1.82) is 0 Å². The van der Waals surface area contributed by atoms with Crippen molar-refractivity contribution in [1.82, 2.24) is 14.9 Å². The number of nitrogens with two attached hydrogens (primary N) is 2. The number of rotatable bonds is 6.